The molecule has 0 aliphatic carbocycles. The van der Waals surface area contributed by atoms with E-state index in [0.717, 1.165) is 16.0 Å². The second-order valence-corrected chi connectivity index (χ2v) is 6.14. The molecule has 2 heterocycles. The van der Waals surface area contributed by atoms with Crippen LogP contribution < -0.4 is 0 Å². The monoisotopic (exact) mass is 320 g/mol. The first kappa shape index (κ1) is 12.5. The van der Waals surface area contributed by atoms with E-state index in [-0.39, 0.29) is 0 Å². The van der Waals surface area contributed by atoms with Gasteiger partial charge in [-0.15, -0.1) is 0 Å². The van der Waals surface area contributed by atoms with Gasteiger partial charge in [0.1, 0.15) is 10.5 Å². The summed E-state index contributed by atoms with van der Waals surface area (Å²) in [4.78, 5) is 7.76. The topological polar surface area (TPSA) is 37.9 Å². The number of rotatable bonds is 3. The Labute approximate surface area is 113 Å². The zero-order chi connectivity index (χ0) is 11.5. The van der Waals surface area contributed by atoms with Crippen molar-refractivity contribution in [2.45, 2.75) is 24.7 Å². The fourth-order valence-electron chi connectivity index (χ4n) is 1.71. The van der Waals surface area contributed by atoms with E-state index >= 15 is 0 Å². The third kappa shape index (κ3) is 2.67. The Kier molecular flexibility index (Phi) is 4.41. The number of H-pyrrole nitrogens is 1. The molecule has 1 unspecified atom stereocenters. The molecule has 0 saturated carbocycles. The standard InChI is InChI=1S/C10H13BrN2OS2/c1-14-5-6-8(11)10(15)13-9(12-6)7-3-2-4-16-7/h7H,2-5H2,1H3,(H,12,13,15). The summed E-state index contributed by atoms with van der Waals surface area (Å²) in [6, 6.07) is 0. The Bertz CT molecular complexity index is 429. The van der Waals surface area contributed by atoms with Gasteiger partial charge in [-0.3, -0.25) is 0 Å². The molecule has 0 bridgehead atoms. The van der Waals surface area contributed by atoms with Crippen LogP contribution in [0.15, 0.2) is 4.47 Å². The van der Waals surface area contributed by atoms with Crippen LogP contribution in [-0.4, -0.2) is 22.8 Å². The molecule has 0 amide bonds. The average Bonchev–Trinajstić information content (AvgIpc) is 2.78. The van der Waals surface area contributed by atoms with Crippen molar-refractivity contribution in [3.8, 4) is 0 Å². The van der Waals surface area contributed by atoms with Crippen LogP contribution in [0.4, 0.5) is 0 Å². The van der Waals surface area contributed by atoms with Crippen LogP contribution >= 0.6 is 39.9 Å². The van der Waals surface area contributed by atoms with E-state index < -0.39 is 0 Å². The number of hydrogen-bond acceptors (Lipinski definition) is 4. The largest absolute Gasteiger partial charge is 0.378 e. The summed E-state index contributed by atoms with van der Waals surface area (Å²) in [5, 5.41) is 0.463. The molecule has 1 aromatic rings. The Morgan fingerprint density at radius 2 is 2.50 bits per heavy atom. The molecule has 0 radical (unpaired) electrons. The molecule has 1 aromatic heterocycles. The molecule has 3 nitrogen and oxygen atoms in total. The van der Waals surface area contributed by atoms with Gasteiger partial charge in [0.25, 0.3) is 0 Å². The molecule has 1 aliphatic rings. The van der Waals surface area contributed by atoms with Crippen molar-refractivity contribution in [3.05, 3.63) is 20.6 Å². The lowest BCUT2D eigenvalue weighted by Crippen LogP contribution is -2.04. The number of thioether (sulfide) groups is 1. The number of methoxy groups -OCH3 is 1. The molecule has 0 spiro atoms. The molecule has 16 heavy (non-hydrogen) atoms. The maximum atomic E-state index is 5.24. The van der Waals surface area contributed by atoms with Gasteiger partial charge in [-0.1, -0.05) is 12.2 Å². The van der Waals surface area contributed by atoms with Crippen LogP contribution in [0.2, 0.25) is 0 Å². The van der Waals surface area contributed by atoms with E-state index in [2.05, 4.69) is 25.9 Å². The van der Waals surface area contributed by atoms with Crippen molar-refractivity contribution < 1.29 is 4.74 Å². The lowest BCUT2D eigenvalue weighted by Gasteiger charge is -2.11. The second kappa shape index (κ2) is 5.62. The number of aromatic nitrogens is 2. The van der Waals surface area contributed by atoms with Crippen LogP contribution in [0, 0.1) is 4.64 Å². The Balaban J connectivity index is 2.35. The van der Waals surface area contributed by atoms with Crippen LogP contribution in [0.3, 0.4) is 0 Å². The molecule has 1 aliphatic heterocycles. The van der Waals surface area contributed by atoms with Gasteiger partial charge in [0.15, 0.2) is 0 Å². The molecule has 0 aromatic carbocycles. The first-order valence-corrected chi connectivity index (χ1v) is 7.36. The normalized spacial score (nSPS) is 20.2. The minimum atomic E-state index is 0.463. The lowest BCUT2D eigenvalue weighted by atomic mass is 10.2. The highest BCUT2D eigenvalue weighted by Crippen LogP contribution is 2.38. The minimum absolute atomic E-state index is 0.463. The van der Waals surface area contributed by atoms with E-state index in [1.165, 1.54) is 18.6 Å². The summed E-state index contributed by atoms with van der Waals surface area (Å²) in [7, 11) is 1.67. The van der Waals surface area contributed by atoms with Crippen LogP contribution in [-0.2, 0) is 11.3 Å². The van der Waals surface area contributed by atoms with Gasteiger partial charge >= 0.3 is 0 Å². The third-order valence-electron chi connectivity index (χ3n) is 2.48. The first-order chi connectivity index (χ1) is 7.72. The SMILES string of the molecule is COCc1[nH]c(C2CCCS2)nc(=S)c1Br. The molecule has 1 N–H and O–H groups in total. The smallest absolute Gasteiger partial charge is 0.144 e. The molecule has 1 saturated heterocycles. The second-order valence-electron chi connectivity index (χ2n) is 3.65. The fourth-order valence-corrected chi connectivity index (χ4v) is 3.46. The van der Waals surface area contributed by atoms with Gasteiger partial charge < -0.3 is 9.72 Å². The van der Waals surface area contributed by atoms with E-state index in [1.54, 1.807) is 7.11 Å². The molecular formula is C10H13BrN2OS2. The molecule has 88 valence electrons. The summed E-state index contributed by atoms with van der Waals surface area (Å²) >= 11 is 10.6. The van der Waals surface area contributed by atoms with Crippen molar-refractivity contribution in [2.24, 2.45) is 0 Å². The zero-order valence-electron chi connectivity index (χ0n) is 8.96. The number of nitrogens with one attached hydrogen (secondary N) is 1. The van der Waals surface area contributed by atoms with E-state index in [1.807, 2.05) is 11.8 Å². The summed E-state index contributed by atoms with van der Waals surface area (Å²) in [6.45, 7) is 0.525. The molecule has 2 rings (SSSR count). The number of halogens is 1. The van der Waals surface area contributed by atoms with Gasteiger partial charge in [0.2, 0.25) is 0 Å². The minimum Gasteiger partial charge on any atom is -0.378 e. The highest BCUT2D eigenvalue weighted by molar-refractivity contribution is 9.10. The summed E-state index contributed by atoms with van der Waals surface area (Å²) in [5.41, 5.74) is 0.977. The highest BCUT2D eigenvalue weighted by Gasteiger charge is 2.20. The maximum Gasteiger partial charge on any atom is 0.144 e. The van der Waals surface area contributed by atoms with E-state index in [0.29, 0.717) is 16.5 Å². The Morgan fingerprint density at radius 1 is 1.69 bits per heavy atom. The number of ether oxygens (including phenoxy) is 1. The van der Waals surface area contributed by atoms with Gasteiger partial charge in [-0.05, 0) is 34.5 Å². The Morgan fingerprint density at radius 3 is 3.12 bits per heavy atom. The van der Waals surface area contributed by atoms with Gasteiger partial charge in [-0.2, -0.15) is 11.8 Å². The number of hydrogen-bond donors (Lipinski definition) is 1. The predicted octanol–water partition coefficient (Wildman–Crippen LogP) is 3.62. The van der Waals surface area contributed by atoms with Crippen molar-refractivity contribution >= 4 is 39.9 Å². The summed E-state index contributed by atoms with van der Waals surface area (Å²) < 4.78 is 6.60. The molecule has 6 heteroatoms. The quantitative estimate of drug-likeness (QED) is 0.863. The van der Waals surface area contributed by atoms with Crippen molar-refractivity contribution in [1.82, 2.24) is 9.97 Å². The van der Waals surface area contributed by atoms with Crippen LogP contribution in [0.25, 0.3) is 0 Å². The molecule has 1 fully saturated rings. The van der Waals surface area contributed by atoms with E-state index in [9.17, 15) is 0 Å². The maximum absolute atomic E-state index is 5.24. The zero-order valence-corrected chi connectivity index (χ0v) is 12.2. The van der Waals surface area contributed by atoms with Crippen LogP contribution in [0.1, 0.15) is 29.6 Å². The highest BCUT2D eigenvalue weighted by atomic mass is 79.9. The molecule has 1 atom stereocenters. The summed E-state index contributed by atoms with van der Waals surface area (Å²) in [5.74, 6) is 2.20. The summed E-state index contributed by atoms with van der Waals surface area (Å²) in [6.07, 6.45) is 2.43. The number of aromatic amines is 1. The van der Waals surface area contributed by atoms with Gasteiger partial charge in [-0.25, -0.2) is 4.98 Å². The fraction of sp³-hybridized carbons (Fsp3) is 0.600. The lowest BCUT2D eigenvalue weighted by molar-refractivity contribution is 0.180. The number of nitrogens with zero attached hydrogens (tertiary/aromatic N) is 1. The average molecular weight is 321 g/mol. The molecular weight excluding hydrogens is 308 g/mol. The van der Waals surface area contributed by atoms with Crippen molar-refractivity contribution in [3.63, 3.8) is 0 Å². The third-order valence-corrected chi connectivity index (χ3v) is 5.27. The van der Waals surface area contributed by atoms with Crippen molar-refractivity contribution in [2.75, 3.05) is 12.9 Å². The van der Waals surface area contributed by atoms with Gasteiger partial charge in [0, 0.05) is 7.11 Å². The van der Waals surface area contributed by atoms with Gasteiger partial charge in [0.05, 0.1) is 22.0 Å². The first-order valence-electron chi connectivity index (χ1n) is 5.11. The van der Waals surface area contributed by atoms with Crippen LogP contribution in [0.5, 0.6) is 0 Å². The Hall–Kier alpha value is 0.0900. The van der Waals surface area contributed by atoms with E-state index in [4.69, 9.17) is 17.0 Å². The predicted molar refractivity (Wildman–Crippen MR) is 72.3 cm³/mol. The van der Waals surface area contributed by atoms with Crippen molar-refractivity contribution in [1.29, 1.82) is 0 Å².